The molecule has 0 amide bonds. The van der Waals surface area contributed by atoms with E-state index in [1.807, 2.05) is 0 Å². The number of esters is 1. The van der Waals surface area contributed by atoms with Crippen LogP contribution in [-0.4, -0.2) is 42.7 Å². The van der Waals surface area contributed by atoms with Crippen LogP contribution in [0.25, 0.3) is 0 Å². The lowest BCUT2D eigenvalue weighted by Crippen LogP contribution is -2.70. The number of allylic oxidation sites excluding steroid dienone is 1. The lowest BCUT2D eigenvalue weighted by molar-refractivity contribution is -0.268. The average Bonchev–Trinajstić information content (AvgIpc) is 3.04. The molecule has 2 bridgehead atoms. The molecule has 5 aliphatic rings. The number of aliphatic hydroxyl groups excluding tert-OH is 1. The van der Waals surface area contributed by atoms with Crippen LogP contribution in [0.15, 0.2) is 12.2 Å². The first-order valence-corrected chi connectivity index (χ1v) is 10.0. The van der Waals surface area contributed by atoms with Gasteiger partial charge in [-0.2, -0.15) is 0 Å². The molecular formula is C21H28O6. The molecule has 5 rings (SSSR count). The number of ether oxygens (including phenoxy) is 3. The third kappa shape index (κ3) is 1.79. The molecule has 0 aromatic rings. The molecule has 0 radical (unpaired) electrons. The summed E-state index contributed by atoms with van der Waals surface area (Å²) in [6.45, 7) is 8.31. The second-order valence-electron chi connectivity index (χ2n) is 9.85. The predicted molar refractivity (Wildman–Crippen MR) is 94.1 cm³/mol. The zero-order valence-corrected chi connectivity index (χ0v) is 16.2. The van der Waals surface area contributed by atoms with Crippen LogP contribution in [-0.2, 0) is 23.8 Å². The average molecular weight is 376 g/mol. The Hall–Kier alpha value is -1.24. The molecular weight excluding hydrogens is 348 g/mol. The van der Waals surface area contributed by atoms with E-state index in [1.54, 1.807) is 7.11 Å². The molecule has 3 aliphatic carbocycles. The van der Waals surface area contributed by atoms with Crippen molar-refractivity contribution in [3.05, 3.63) is 12.2 Å². The Morgan fingerprint density at radius 3 is 2.67 bits per heavy atom. The summed E-state index contributed by atoms with van der Waals surface area (Å²) in [6, 6.07) is 0. The quantitative estimate of drug-likeness (QED) is 0.429. The van der Waals surface area contributed by atoms with Gasteiger partial charge in [0.05, 0.1) is 5.41 Å². The topological polar surface area (TPSA) is 82.1 Å². The minimum atomic E-state index is -1.21. The van der Waals surface area contributed by atoms with Gasteiger partial charge >= 0.3 is 5.97 Å². The summed E-state index contributed by atoms with van der Waals surface area (Å²) in [6.07, 6.45) is 1.33. The van der Waals surface area contributed by atoms with Crippen LogP contribution in [0.2, 0.25) is 0 Å². The fourth-order valence-corrected chi connectivity index (χ4v) is 7.49. The van der Waals surface area contributed by atoms with Gasteiger partial charge in [-0.3, -0.25) is 9.59 Å². The molecule has 0 aromatic carbocycles. The summed E-state index contributed by atoms with van der Waals surface area (Å²) >= 11 is 0. The summed E-state index contributed by atoms with van der Waals surface area (Å²) in [7, 11) is 1.58. The van der Waals surface area contributed by atoms with Crippen molar-refractivity contribution < 1.29 is 28.9 Å². The lowest BCUT2D eigenvalue weighted by Gasteiger charge is -2.62. The Bertz CT molecular complexity index is 743. The number of methoxy groups -OCH3 is 1. The Morgan fingerprint density at radius 2 is 1.96 bits per heavy atom. The molecule has 6 heteroatoms. The minimum absolute atomic E-state index is 0.0435. The van der Waals surface area contributed by atoms with Crippen molar-refractivity contribution in [1.82, 2.24) is 0 Å². The zero-order chi connectivity index (χ0) is 19.4. The minimum Gasteiger partial charge on any atom is -0.461 e. The maximum Gasteiger partial charge on any atom is 0.320 e. The number of Topliss-reactive ketones (excluding diaryl/α,β-unsaturated/α-hetero) is 1. The largest absolute Gasteiger partial charge is 0.461 e. The first-order valence-electron chi connectivity index (χ1n) is 10.0. The van der Waals surface area contributed by atoms with Gasteiger partial charge < -0.3 is 19.3 Å². The van der Waals surface area contributed by atoms with Crippen molar-refractivity contribution in [3.8, 4) is 0 Å². The number of hydrogen-bond acceptors (Lipinski definition) is 6. The smallest absolute Gasteiger partial charge is 0.320 e. The molecule has 0 unspecified atom stereocenters. The van der Waals surface area contributed by atoms with E-state index in [1.165, 1.54) is 0 Å². The number of carbonyl (C=O) groups excluding carboxylic acids is 2. The second kappa shape index (κ2) is 5.22. The molecule has 2 saturated heterocycles. The third-order valence-electron chi connectivity index (χ3n) is 8.56. The van der Waals surface area contributed by atoms with Crippen LogP contribution < -0.4 is 0 Å². The van der Waals surface area contributed by atoms with Gasteiger partial charge in [0.25, 0.3) is 0 Å². The van der Waals surface area contributed by atoms with E-state index in [4.69, 9.17) is 14.2 Å². The molecule has 5 fully saturated rings. The van der Waals surface area contributed by atoms with Crippen molar-refractivity contribution in [3.63, 3.8) is 0 Å². The van der Waals surface area contributed by atoms with Crippen molar-refractivity contribution in [2.75, 3.05) is 7.11 Å². The lowest BCUT2D eigenvalue weighted by atomic mass is 9.43. The molecule has 3 saturated carbocycles. The molecule has 8 atom stereocenters. The maximum absolute atomic E-state index is 13.3. The first kappa shape index (κ1) is 17.8. The number of fused-ring (bicyclic) bond motifs is 1. The fraction of sp³-hybridized carbons (Fsp3) is 0.810. The normalized spacial score (nSPS) is 52.8. The molecule has 6 nitrogen and oxygen atoms in total. The molecule has 27 heavy (non-hydrogen) atoms. The molecule has 2 aliphatic heterocycles. The van der Waals surface area contributed by atoms with Gasteiger partial charge in [0.1, 0.15) is 11.5 Å². The second-order valence-corrected chi connectivity index (χ2v) is 9.85. The number of aliphatic hydroxyl groups is 1. The van der Waals surface area contributed by atoms with Gasteiger partial charge in [-0.1, -0.05) is 20.4 Å². The van der Waals surface area contributed by atoms with Crippen LogP contribution in [0, 0.1) is 34.0 Å². The van der Waals surface area contributed by atoms with E-state index in [9.17, 15) is 14.7 Å². The monoisotopic (exact) mass is 376 g/mol. The Labute approximate surface area is 159 Å². The van der Waals surface area contributed by atoms with Crippen LogP contribution >= 0.6 is 0 Å². The summed E-state index contributed by atoms with van der Waals surface area (Å²) in [4.78, 5) is 26.5. The van der Waals surface area contributed by atoms with Crippen molar-refractivity contribution in [2.24, 2.45) is 34.0 Å². The van der Waals surface area contributed by atoms with Crippen LogP contribution in [0.5, 0.6) is 0 Å². The number of carbonyl (C=O) groups is 2. The van der Waals surface area contributed by atoms with Crippen molar-refractivity contribution >= 4 is 11.8 Å². The Balaban J connectivity index is 1.74. The van der Waals surface area contributed by atoms with E-state index < -0.39 is 35.5 Å². The number of rotatable bonds is 1. The van der Waals surface area contributed by atoms with E-state index in [2.05, 4.69) is 20.4 Å². The van der Waals surface area contributed by atoms with Crippen LogP contribution in [0.4, 0.5) is 0 Å². The predicted octanol–water partition coefficient (Wildman–Crippen LogP) is 2.20. The Kier molecular flexibility index (Phi) is 3.45. The highest BCUT2D eigenvalue weighted by atomic mass is 16.7. The van der Waals surface area contributed by atoms with E-state index in [-0.39, 0.29) is 29.0 Å². The molecule has 2 spiro atoms. The summed E-state index contributed by atoms with van der Waals surface area (Å²) < 4.78 is 17.5. The van der Waals surface area contributed by atoms with Gasteiger partial charge in [0, 0.05) is 13.0 Å². The van der Waals surface area contributed by atoms with Crippen molar-refractivity contribution in [2.45, 2.75) is 64.6 Å². The summed E-state index contributed by atoms with van der Waals surface area (Å²) in [5.41, 5.74) is -1.65. The maximum atomic E-state index is 13.3. The Morgan fingerprint density at radius 1 is 1.22 bits per heavy atom. The van der Waals surface area contributed by atoms with Gasteiger partial charge in [-0.15, -0.1) is 0 Å². The van der Waals surface area contributed by atoms with Gasteiger partial charge in [-0.25, -0.2) is 0 Å². The number of hydrogen-bond donors (Lipinski definition) is 1. The first-order chi connectivity index (χ1) is 12.7. The van der Waals surface area contributed by atoms with Crippen molar-refractivity contribution in [1.29, 1.82) is 0 Å². The van der Waals surface area contributed by atoms with Gasteiger partial charge in [0.15, 0.2) is 18.4 Å². The van der Waals surface area contributed by atoms with Gasteiger partial charge in [0.2, 0.25) is 0 Å². The van der Waals surface area contributed by atoms with E-state index >= 15 is 0 Å². The SMILES string of the molecule is C=C1C(=O)[C@]23C[C@H]1CC[C@H]2[C@@]12[C@H](O)O[C@@H](OC)[C@@H]1C(C)(C)CC[C@@H]2OC3=O. The van der Waals surface area contributed by atoms with Crippen LogP contribution in [0.3, 0.4) is 0 Å². The summed E-state index contributed by atoms with van der Waals surface area (Å²) in [5.74, 6) is -1.01. The van der Waals surface area contributed by atoms with Crippen LogP contribution in [0.1, 0.15) is 46.0 Å². The highest BCUT2D eigenvalue weighted by Crippen LogP contribution is 2.72. The zero-order valence-electron chi connectivity index (χ0n) is 16.2. The van der Waals surface area contributed by atoms with E-state index in [0.29, 0.717) is 24.8 Å². The highest BCUT2D eigenvalue weighted by Gasteiger charge is 2.80. The number of ketones is 1. The van der Waals surface area contributed by atoms with E-state index in [0.717, 1.165) is 12.8 Å². The summed E-state index contributed by atoms with van der Waals surface area (Å²) in [5, 5.41) is 11.2. The molecule has 0 aromatic heterocycles. The molecule has 148 valence electrons. The molecule has 2 heterocycles. The van der Waals surface area contributed by atoms with Gasteiger partial charge in [-0.05, 0) is 54.9 Å². The standard InChI is InChI=1S/C21H28O6/c1-10-11-5-6-12-20(9-11,15(10)22)17(23)26-13-7-8-19(2,3)14-16(25-4)27-18(24)21(12,13)14/h11-14,16,18,24H,1,5-9H2,2-4H3/t11-,12-,13+,14-,16-,18-,20+,21+/m1/s1. The fourth-order valence-electron chi connectivity index (χ4n) is 7.49. The highest BCUT2D eigenvalue weighted by molar-refractivity contribution is 6.15. The third-order valence-corrected chi connectivity index (χ3v) is 8.56. The molecule has 1 N–H and O–H groups in total.